The van der Waals surface area contributed by atoms with Crippen LogP contribution in [0.15, 0.2) is 0 Å². The van der Waals surface area contributed by atoms with Crippen molar-refractivity contribution in [1.82, 2.24) is 0 Å². The normalized spacial score (nSPS) is 12.3. The summed E-state index contributed by atoms with van der Waals surface area (Å²) in [6, 6.07) is 0. The Balaban J connectivity index is 3.96. The summed E-state index contributed by atoms with van der Waals surface area (Å²) in [6.45, 7) is 4.95. The van der Waals surface area contributed by atoms with Gasteiger partial charge >= 0.3 is 0 Å². The Bertz CT molecular complexity index is 89.8. The highest BCUT2D eigenvalue weighted by Crippen LogP contribution is 2.15. The Labute approximate surface area is 76.4 Å². The highest BCUT2D eigenvalue weighted by atomic mass is 32.1. The van der Waals surface area contributed by atoms with Crippen LogP contribution < -0.4 is 0 Å². The van der Waals surface area contributed by atoms with Gasteiger partial charge in [0.2, 0.25) is 0 Å². The maximum Gasteiger partial charge on any atom is 0.281 e. The smallest absolute Gasteiger partial charge is 0.281 e. The lowest BCUT2D eigenvalue weighted by atomic mass is 10.6. The maximum absolute atomic E-state index is 5.28. The maximum atomic E-state index is 5.28. The Morgan fingerprint density at radius 3 is 1.91 bits per heavy atom. The molecular weight excluding hydrogens is 180 g/mol. The van der Waals surface area contributed by atoms with Crippen molar-refractivity contribution in [1.29, 1.82) is 0 Å². The van der Waals surface area contributed by atoms with Crippen LogP contribution in [0.25, 0.3) is 0 Å². The van der Waals surface area contributed by atoms with Crippen LogP contribution in [0.2, 0.25) is 0 Å². The van der Waals surface area contributed by atoms with Gasteiger partial charge in [0.15, 0.2) is 10.5 Å². The molecule has 0 bridgehead atoms. The molecule has 0 spiro atoms. The molecular formula is C6H16O3SSi. The molecule has 0 heterocycles. The Kier molecular flexibility index (Phi) is 6.26. The molecule has 0 amide bonds. The fourth-order valence-corrected chi connectivity index (χ4v) is 1.69. The fraction of sp³-hybridized carbons (Fsp3) is 1.00. The quantitative estimate of drug-likeness (QED) is 0.366. The van der Waals surface area contributed by atoms with Gasteiger partial charge in [0.05, 0.1) is 5.75 Å². The second-order valence-electron chi connectivity index (χ2n) is 1.91. The first-order chi connectivity index (χ1) is 5.24. The molecule has 0 rings (SSSR count). The predicted molar refractivity (Wildman–Crippen MR) is 50.9 cm³/mol. The van der Waals surface area contributed by atoms with Crippen molar-refractivity contribution in [2.24, 2.45) is 0 Å². The Morgan fingerprint density at radius 2 is 1.73 bits per heavy atom. The minimum Gasteiger partial charge on any atom is -0.380 e. The molecule has 0 saturated carbocycles. The number of rotatable bonds is 6. The predicted octanol–water partition coefficient (Wildman–Crippen LogP) is -0.0600. The summed E-state index contributed by atoms with van der Waals surface area (Å²) in [5, 5.41) is 0. The summed E-state index contributed by atoms with van der Waals surface area (Å²) in [6.07, 6.45) is 0. The van der Waals surface area contributed by atoms with E-state index >= 15 is 0 Å². The number of thiol groups is 1. The molecule has 11 heavy (non-hydrogen) atoms. The van der Waals surface area contributed by atoms with Gasteiger partial charge in [-0.1, -0.05) is 0 Å². The fourth-order valence-electron chi connectivity index (χ4n) is 0.755. The van der Waals surface area contributed by atoms with Gasteiger partial charge in [-0.15, -0.1) is 0 Å². The van der Waals surface area contributed by atoms with Crippen molar-refractivity contribution in [3.05, 3.63) is 0 Å². The van der Waals surface area contributed by atoms with Crippen molar-refractivity contribution >= 4 is 23.1 Å². The molecule has 3 nitrogen and oxygen atoms in total. The van der Waals surface area contributed by atoms with Gasteiger partial charge in [0, 0.05) is 13.2 Å². The molecule has 0 aliphatic heterocycles. The van der Waals surface area contributed by atoms with Crippen molar-refractivity contribution in [3.63, 3.8) is 0 Å². The summed E-state index contributed by atoms with van der Waals surface area (Å²) in [5.41, 5.74) is 0. The van der Waals surface area contributed by atoms with E-state index in [1.54, 1.807) is 0 Å². The first kappa shape index (κ1) is 11.4. The number of hydrogen-bond acceptors (Lipinski definition) is 4. The molecule has 0 aromatic carbocycles. The second-order valence-corrected chi connectivity index (χ2v) is 2.64. The van der Waals surface area contributed by atoms with Gasteiger partial charge in [0.25, 0.3) is 5.97 Å². The number of ether oxygens (including phenoxy) is 2. The van der Waals surface area contributed by atoms with Crippen LogP contribution in [-0.2, 0) is 13.9 Å². The number of hydrogen-bond donors (Lipinski definition) is 1. The van der Waals surface area contributed by atoms with E-state index in [0.29, 0.717) is 29.5 Å². The average Bonchev–Trinajstić information content (AvgIpc) is 2.04. The third-order valence-corrected chi connectivity index (χ3v) is 2.24. The monoisotopic (exact) mass is 196 g/mol. The lowest BCUT2D eigenvalue weighted by molar-refractivity contribution is -0.324. The zero-order valence-electron chi connectivity index (χ0n) is 7.29. The third-order valence-electron chi connectivity index (χ3n) is 1.23. The van der Waals surface area contributed by atoms with Crippen molar-refractivity contribution in [2.75, 3.05) is 19.0 Å². The van der Waals surface area contributed by atoms with Gasteiger partial charge in [-0.2, -0.15) is 12.6 Å². The van der Waals surface area contributed by atoms with Gasteiger partial charge in [-0.3, -0.25) is 0 Å². The minimum atomic E-state index is -0.890. The molecule has 0 aliphatic rings. The lowest BCUT2D eigenvalue weighted by Crippen LogP contribution is -2.40. The van der Waals surface area contributed by atoms with Gasteiger partial charge in [-0.25, -0.2) is 0 Å². The topological polar surface area (TPSA) is 27.7 Å². The van der Waals surface area contributed by atoms with E-state index in [1.807, 2.05) is 13.8 Å². The van der Waals surface area contributed by atoms with E-state index in [4.69, 9.17) is 13.9 Å². The van der Waals surface area contributed by atoms with Crippen LogP contribution in [0.5, 0.6) is 0 Å². The van der Waals surface area contributed by atoms with Gasteiger partial charge in [0.1, 0.15) is 0 Å². The molecule has 0 atom stereocenters. The zero-order chi connectivity index (χ0) is 8.74. The Morgan fingerprint density at radius 1 is 1.27 bits per heavy atom. The van der Waals surface area contributed by atoms with Crippen molar-refractivity contribution < 1.29 is 13.9 Å². The molecule has 0 radical (unpaired) electrons. The van der Waals surface area contributed by atoms with E-state index in [2.05, 4.69) is 12.6 Å². The van der Waals surface area contributed by atoms with Gasteiger partial charge < -0.3 is 13.9 Å². The average molecular weight is 196 g/mol. The summed E-state index contributed by atoms with van der Waals surface area (Å²) in [5.74, 6) is -0.461. The van der Waals surface area contributed by atoms with Crippen LogP contribution in [0.1, 0.15) is 13.8 Å². The van der Waals surface area contributed by atoms with Crippen LogP contribution in [-0.4, -0.2) is 35.4 Å². The van der Waals surface area contributed by atoms with E-state index in [9.17, 15) is 0 Å². The van der Waals surface area contributed by atoms with Crippen LogP contribution >= 0.6 is 12.6 Å². The van der Waals surface area contributed by atoms with Crippen LogP contribution in [0.4, 0.5) is 0 Å². The first-order valence-electron chi connectivity index (χ1n) is 3.68. The molecule has 0 N–H and O–H groups in total. The molecule has 68 valence electrons. The molecule has 0 unspecified atom stereocenters. The second kappa shape index (κ2) is 6.02. The first-order valence-corrected chi connectivity index (χ1v) is 5.13. The summed E-state index contributed by atoms with van der Waals surface area (Å²) < 4.78 is 15.8. The van der Waals surface area contributed by atoms with E-state index in [0.717, 1.165) is 0 Å². The summed E-state index contributed by atoms with van der Waals surface area (Å²) in [7, 11) is 0.585. The highest BCUT2D eigenvalue weighted by molar-refractivity contribution is 7.80. The van der Waals surface area contributed by atoms with Crippen LogP contribution in [0.3, 0.4) is 0 Å². The molecule has 0 saturated heterocycles. The summed E-state index contributed by atoms with van der Waals surface area (Å²) in [4.78, 5) is 0. The molecule has 0 aromatic rings. The lowest BCUT2D eigenvalue weighted by Gasteiger charge is -2.29. The Hall–Kier alpha value is 0.447. The van der Waals surface area contributed by atoms with Gasteiger partial charge in [-0.05, 0) is 13.8 Å². The van der Waals surface area contributed by atoms with Crippen molar-refractivity contribution in [2.45, 2.75) is 19.8 Å². The van der Waals surface area contributed by atoms with E-state index < -0.39 is 5.97 Å². The highest BCUT2D eigenvalue weighted by Gasteiger charge is 2.28. The minimum absolute atomic E-state index is 0.429. The van der Waals surface area contributed by atoms with Crippen LogP contribution in [0, 0.1) is 0 Å². The SMILES string of the molecule is CCOC(CS)(O[SiH3])OCC. The van der Waals surface area contributed by atoms with Crippen molar-refractivity contribution in [3.8, 4) is 0 Å². The third kappa shape index (κ3) is 3.57. The van der Waals surface area contributed by atoms with E-state index in [1.165, 1.54) is 0 Å². The molecule has 0 fully saturated rings. The van der Waals surface area contributed by atoms with E-state index in [-0.39, 0.29) is 0 Å². The molecule has 0 aromatic heterocycles. The largest absolute Gasteiger partial charge is 0.380 e. The molecule has 0 aliphatic carbocycles. The summed E-state index contributed by atoms with van der Waals surface area (Å²) >= 11 is 4.10. The molecule has 5 heteroatoms. The standard InChI is InChI=1S/C6H16O3SSi/c1-3-7-6(5-10,9-11)8-4-2/h10H,3-5H2,1-2,11H3. The zero-order valence-corrected chi connectivity index (χ0v) is 10.2.